The molecule has 0 bridgehead atoms. The molecule has 0 N–H and O–H groups in total. The molecule has 156 valence electrons. The summed E-state index contributed by atoms with van der Waals surface area (Å²) in [5.74, 6) is 0.949. The van der Waals surface area contributed by atoms with Gasteiger partial charge < -0.3 is 9.26 Å². The van der Waals surface area contributed by atoms with Gasteiger partial charge >= 0.3 is 6.18 Å². The minimum Gasteiger partial charge on any atom is -0.496 e. The van der Waals surface area contributed by atoms with Gasteiger partial charge in [-0.15, -0.1) is 0 Å². The van der Waals surface area contributed by atoms with E-state index in [1.165, 1.54) is 13.2 Å². The number of alkyl halides is 3. The highest BCUT2D eigenvalue weighted by Crippen LogP contribution is 2.40. The van der Waals surface area contributed by atoms with Gasteiger partial charge in [-0.25, -0.2) is 0 Å². The largest absolute Gasteiger partial charge is 0.496 e. The number of aromatic nitrogens is 2. The monoisotopic (exact) mass is 430 g/mol. The van der Waals surface area contributed by atoms with Gasteiger partial charge in [0.1, 0.15) is 11.5 Å². The maximum absolute atomic E-state index is 13.4. The van der Waals surface area contributed by atoms with Crippen LogP contribution in [0.25, 0.3) is 22.0 Å². The Labute approximate surface area is 164 Å². The van der Waals surface area contributed by atoms with Crippen LogP contribution in [0.5, 0.6) is 5.75 Å². The van der Waals surface area contributed by atoms with Gasteiger partial charge in [-0.2, -0.15) is 21.6 Å². The molecule has 3 aromatic rings. The fraction of sp³-hybridized carbons (Fsp3) is 0.333. The molecule has 7 nitrogen and oxygen atoms in total. The quantitative estimate of drug-likeness (QED) is 0.563. The van der Waals surface area contributed by atoms with E-state index in [0.29, 0.717) is 45.5 Å². The van der Waals surface area contributed by atoms with Crippen molar-refractivity contribution in [2.24, 2.45) is 0 Å². The second kappa shape index (κ2) is 7.30. The van der Waals surface area contributed by atoms with Gasteiger partial charge in [0.2, 0.25) is 0 Å². The first kappa shape index (κ1) is 21.1. The van der Waals surface area contributed by atoms with Gasteiger partial charge in [0.15, 0.2) is 6.10 Å². The third kappa shape index (κ3) is 4.35. The van der Waals surface area contributed by atoms with Crippen molar-refractivity contribution >= 4 is 21.0 Å². The summed E-state index contributed by atoms with van der Waals surface area (Å²) >= 11 is 0. The zero-order chi connectivity index (χ0) is 21.6. The van der Waals surface area contributed by atoms with Crippen LogP contribution in [0.4, 0.5) is 13.2 Å². The van der Waals surface area contributed by atoms with E-state index in [1.54, 1.807) is 26.0 Å². The summed E-state index contributed by atoms with van der Waals surface area (Å²) in [5.41, 5.74) is 1.71. The van der Waals surface area contributed by atoms with Crippen LogP contribution in [0.1, 0.15) is 23.1 Å². The number of hydrogen-bond donors (Lipinski definition) is 0. The highest BCUT2D eigenvalue weighted by atomic mass is 32.2. The molecule has 0 aliphatic heterocycles. The smallest absolute Gasteiger partial charge is 0.420 e. The molecule has 0 radical (unpaired) electrons. The summed E-state index contributed by atoms with van der Waals surface area (Å²) < 4.78 is 77.7. The SMILES string of the molecule is COc1cc2ncc(C(OS(C)(=O)=O)C(F)(F)F)cc2cc1-c1c(C)noc1C. The van der Waals surface area contributed by atoms with Crippen molar-refractivity contribution in [3.8, 4) is 16.9 Å². The second-order valence-electron chi connectivity index (χ2n) is 6.44. The second-order valence-corrected chi connectivity index (χ2v) is 8.04. The van der Waals surface area contributed by atoms with E-state index in [0.717, 1.165) is 6.20 Å². The normalized spacial score (nSPS) is 13.6. The van der Waals surface area contributed by atoms with Crippen LogP contribution in [-0.2, 0) is 14.3 Å². The Hall–Kier alpha value is -2.66. The Kier molecular flexibility index (Phi) is 5.30. The Morgan fingerprint density at radius 2 is 1.86 bits per heavy atom. The van der Waals surface area contributed by atoms with Gasteiger partial charge in [0.05, 0.1) is 30.1 Å². The molecular weight excluding hydrogens is 413 g/mol. The molecule has 3 rings (SSSR count). The molecule has 0 amide bonds. The van der Waals surface area contributed by atoms with Crippen molar-refractivity contribution in [3.63, 3.8) is 0 Å². The third-order valence-corrected chi connectivity index (χ3v) is 4.74. The third-order valence-electron chi connectivity index (χ3n) is 4.20. The summed E-state index contributed by atoms with van der Waals surface area (Å²) in [4.78, 5) is 4.03. The van der Waals surface area contributed by atoms with E-state index in [9.17, 15) is 21.6 Å². The summed E-state index contributed by atoms with van der Waals surface area (Å²) in [5, 5.41) is 4.22. The Morgan fingerprint density at radius 1 is 1.17 bits per heavy atom. The lowest BCUT2D eigenvalue weighted by Crippen LogP contribution is -2.26. The van der Waals surface area contributed by atoms with Crippen molar-refractivity contribution in [2.45, 2.75) is 26.1 Å². The summed E-state index contributed by atoms with van der Waals surface area (Å²) in [6.45, 7) is 3.43. The highest BCUT2D eigenvalue weighted by molar-refractivity contribution is 7.86. The minimum absolute atomic E-state index is 0.338. The van der Waals surface area contributed by atoms with Crippen LogP contribution in [0, 0.1) is 13.8 Å². The first-order valence-electron chi connectivity index (χ1n) is 8.26. The number of halogens is 3. The van der Waals surface area contributed by atoms with Gasteiger partial charge in [-0.05, 0) is 26.0 Å². The van der Waals surface area contributed by atoms with Gasteiger partial charge in [0, 0.05) is 28.8 Å². The summed E-state index contributed by atoms with van der Waals surface area (Å²) in [7, 11) is -2.91. The molecule has 0 aliphatic carbocycles. The number of aryl methyl sites for hydroxylation is 2. The lowest BCUT2D eigenvalue weighted by molar-refractivity contribution is -0.196. The van der Waals surface area contributed by atoms with Crippen LogP contribution in [-0.4, -0.2) is 38.1 Å². The van der Waals surface area contributed by atoms with Gasteiger partial charge in [0.25, 0.3) is 10.1 Å². The van der Waals surface area contributed by atoms with E-state index in [1.807, 2.05) is 0 Å². The number of nitrogens with zero attached hydrogens (tertiary/aromatic N) is 2. The van der Waals surface area contributed by atoms with Crippen molar-refractivity contribution in [2.75, 3.05) is 13.4 Å². The van der Waals surface area contributed by atoms with Crippen molar-refractivity contribution in [1.29, 1.82) is 0 Å². The molecule has 1 unspecified atom stereocenters. The average Bonchev–Trinajstić information content (AvgIpc) is 2.94. The van der Waals surface area contributed by atoms with Crippen molar-refractivity contribution < 1.29 is 35.0 Å². The molecule has 29 heavy (non-hydrogen) atoms. The van der Waals surface area contributed by atoms with Crippen LogP contribution in [0.2, 0.25) is 0 Å². The average molecular weight is 430 g/mol. The minimum atomic E-state index is -4.95. The Balaban J connectivity index is 2.21. The molecule has 0 fully saturated rings. The number of hydrogen-bond acceptors (Lipinski definition) is 7. The molecule has 1 atom stereocenters. The van der Waals surface area contributed by atoms with E-state index in [-0.39, 0.29) is 0 Å². The Bertz CT molecular complexity index is 1150. The molecule has 0 spiro atoms. The van der Waals surface area contributed by atoms with Crippen molar-refractivity contribution in [3.05, 3.63) is 41.4 Å². The first-order valence-corrected chi connectivity index (χ1v) is 10.1. The number of pyridine rings is 1. The molecule has 1 aromatic carbocycles. The van der Waals surface area contributed by atoms with E-state index in [4.69, 9.17) is 9.26 Å². The number of benzene rings is 1. The van der Waals surface area contributed by atoms with Crippen LogP contribution < -0.4 is 4.74 Å². The maximum Gasteiger partial charge on any atom is 0.420 e. The fourth-order valence-corrected chi connectivity index (χ4v) is 3.59. The predicted molar refractivity (Wildman–Crippen MR) is 98.0 cm³/mol. The highest BCUT2D eigenvalue weighted by Gasteiger charge is 2.44. The maximum atomic E-state index is 13.4. The van der Waals surface area contributed by atoms with E-state index < -0.39 is 28.0 Å². The first-order chi connectivity index (χ1) is 13.4. The van der Waals surface area contributed by atoms with E-state index >= 15 is 0 Å². The fourth-order valence-electron chi connectivity index (χ4n) is 3.02. The predicted octanol–water partition coefficient (Wildman–Crippen LogP) is 4.09. The molecule has 0 saturated carbocycles. The molecule has 0 saturated heterocycles. The zero-order valence-corrected chi connectivity index (χ0v) is 16.7. The molecular formula is C18H17F3N2O5S. The lowest BCUT2D eigenvalue weighted by atomic mass is 9.99. The molecule has 11 heteroatoms. The van der Waals surface area contributed by atoms with Gasteiger partial charge in [-0.1, -0.05) is 5.16 Å². The number of methoxy groups -OCH3 is 1. The molecule has 2 aromatic heterocycles. The topological polar surface area (TPSA) is 91.5 Å². The van der Waals surface area contributed by atoms with E-state index in [2.05, 4.69) is 14.3 Å². The van der Waals surface area contributed by atoms with Crippen molar-refractivity contribution in [1.82, 2.24) is 10.1 Å². The Morgan fingerprint density at radius 3 is 2.38 bits per heavy atom. The summed E-state index contributed by atoms with van der Waals surface area (Å²) in [6, 6.07) is 4.35. The number of ether oxygens (including phenoxy) is 1. The van der Waals surface area contributed by atoms with Crippen LogP contribution in [0.15, 0.2) is 28.9 Å². The van der Waals surface area contributed by atoms with Gasteiger partial charge in [-0.3, -0.25) is 9.17 Å². The summed E-state index contributed by atoms with van der Waals surface area (Å²) in [6.07, 6.45) is -6.13. The number of rotatable bonds is 5. The lowest BCUT2D eigenvalue weighted by Gasteiger charge is -2.20. The zero-order valence-electron chi connectivity index (χ0n) is 15.9. The van der Waals surface area contributed by atoms with Crippen LogP contribution >= 0.6 is 0 Å². The molecule has 2 heterocycles. The number of fused-ring (bicyclic) bond motifs is 1. The molecule has 0 aliphatic rings. The standard InChI is InChI=1S/C18H17F3N2O5S/c1-9-16(10(2)27-23-9)13-6-11-5-12(8-22-14(11)7-15(13)26-3)17(18(19,20)21)28-29(4,24)25/h5-8,17H,1-4H3. The van der Waals surface area contributed by atoms with Crippen LogP contribution in [0.3, 0.4) is 0 Å².